The van der Waals surface area contributed by atoms with Gasteiger partial charge in [-0.05, 0) is 30.3 Å². The van der Waals surface area contributed by atoms with Crippen LogP contribution in [0.1, 0.15) is 15.9 Å². The monoisotopic (exact) mass is 312 g/mol. The van der Waals surface area contributed by atoms with E-state index in [1.54, 1.807) is 6.07 Å². The average molecular weight is 312 g/mol. The Morgan fingerprint density at radius 2 is 1.83 bits per heavy atom. The zero-order valence-electron chi connectivity index (χ0n) is 11.9. The molecule has 6 heteroatoms. The fourth-order valence-electron chi connectivity index (χ4n) is 2.20. The van der Waals surface area contributed by atoms with Crippen molar-refractivity contribution in [3.05, 3.63) is 70.1 Å². The summed E-state index contributed by atoms with van der Waals surface area (Å²) < 4.78 is 10.2. The molecule has 0 radical (unpaired) electrons. The topological polar surface area (TPSA) is 97.0 Å². The highest BCUT2D eigenvalue weighted by molar-refractivity contribution is 5.90. The Bertz CT molecular complexity index is 941. The van der Waals surface area contributed by atoms with Gasteiger partial charge in [-0.25, -0.2) is 9.59 Å². The molecule has 0 saturated heterocycles. The van der Waals surface area contributed by atoms with Gasteiger partial charge in [-0.15, -0.1) is 0 Å². The molecular formula is C17H12O6. The number of phenolic OH excluding ortho intramolecular Hbond substituents is 2. The molecule has 2 aromatic carbocycles. The van der Waals surface area contributed by atoms with Crippen LogP contribution in [0.4, 0.5) is 0 Å². The molecule has 3 rings (SSSR count). The summed E-state index contributed by atoms with van der Waals surface area (Å²) >= 11 is 0. The van der Waals surface area contributed by atoms with Crippen LogP contribution in [0.25, 0.3) is 11.0 Å². The van der Waals surface area contributed by atoms with Crippen LogP contribution < -0.4 is 5.63 Å². The van der Waals surface area contributed by atoms with Crippen molar-refractivity contribution < 1.29 is 24.2 Å². The second kappa shape index (κ2) is 5.84. The Morgan fingerprint density at radius 3 is 2.61 bits per heavy atom. The highest BCUT2D eigenvalue weighted by atomic mass is 16.5. The molecule has 3 aromatic rings. The highest BCUT2D eigenvalue weighted by Gasteiger charge is 2.11. The number of carbonyl (C=O) groups excluding carboxylic acids is 1. The van der Waals surface area contributed by atoms with Crippen molar-refractivity contribution in [2.45, 2.75) is 6.61 Å². The van der Waals surface area contributed by atoms with E-state index in [1.807, 2.05) is 0 Å². The molecule has 0 fully saturated rings. The lowest BCUT2D eigenvalue weighted by Gasteiger charge is -2.07. The van der Waals surface area contributed by atoms with Gasteiger partial charge in [0.15, 0.2) is 0 Å². The van der Waals surface area contributed by atoms with Crippen LogP contribution >= 0.6 is 0 Å². The van der Waals surface area contributed by atoms with Gasteiger partial charge in [-0.3, -0.25) is 0 Å². The summed E-state index contributed by atoms with van der Waals surface area (Å²) in [4.78, 5) is 23.5. The summed E-state index contributed by atoms with van der Waals surface area (Å²) in [5, 5.41) is 19.4. The number of ether oxygens (including phenoxy) is 1. The minimum Gasteiger partial charge on any atom is -0.508 e. The number of esters is 1. The number of rotatable bonds is 3. The quantitative estimate of drug-likeness (QED) is 0.570. The molecule has 6 nitrogen and oxygen atoms in total. The predicted molar refractivity (Wildman–Crippen MR) is 81.4 cm³/mol. The Hall–Kier alpha value is -3.28. The lowest BCUT2D eigenvalue weighted by atomic mass is 10.1. The van der Waals surface area contributed by atoms with Crippen LogP contribution in [0.3, 0.4) is 0 Å². The van der Waals surface area contributed by atoms with Crippen molar-refractivity contribution in [1.29, 1.82) is 0 Å². The van der Waals surface area contributed by atoms with Crippen molar-refractivity contribution in [3.8, 4) is 11.5 Å². The van der Waals surface area contributed by atoms with Crippen molar-refractivity contribution in [2.24, 2.45) is 0 Å². The Kier molecular flexibility index (Phi) is 3.72. The molecule has 1 heterocycles. The molecule has 0 spiro atoms. The zero-order chi connectivity index (χ0) is 16.4. The third kappa shape index (κ3) is 3.16. The normalized spacial score (nSPS) is 10.6. The number of fused-ring (bicyclic) bond motifs is 1. The molecule has 116 valence electrons. The van der Waals surface area contributed by atoms with Crippen LogP contribution in [0.15, 0.2) is 57.7 Å². The molecule has 23 heavy (non-hydrogen) atoms. The number of carbonyl (C=O) groups is 1. The van der Waals surface area contributed by atoms with Crippen molar-refractivity contribution in [3.63, 3.8) is 0 Å². The van der Waals surface area contributed by atoms with Crippen LogP contribution in [0, 0.1) is 0 Å². The van der Waals surface area contributed by atoms with Crippen LogP contribution in [0.5, 0.6) is 11.5 Å². The summed E-state index contributed by atoms with van der Waals surface area (Å²) in [5.74, 6) is -0.698. The first-order chi connectivity index (χ1) is 11.0. The van der Waals surface area contributed by atoms with E-state index >= 15 is 0 Å². The van der Waals surface area contributed by atoms with E-state index in [4.69, 9.17) is 9.15 Å². The molecule has 1 aromatic heterocycles. The van der Waals surface area contributed by atoms with Gasteiger partial charge in [-0.1, -0.05) is 6.07 Å². The van der Waals surface area contributed by atoms with Gasteiger partial charge in [0.2, 0.25) is 0 Å². The van der Waals surface area contributed by atoms with Crippen LogP contribution in [0.2, 0.25) is 0 Å². The fourth-order valence-corrected chi connectivity index (χ4v) is 2.20. The minimum atomic E-state index is -0.624. The number of benzene rings is 2. The molecule has 0 unspecified atom stereocenters. The van der Waals surface area contributed by atoms with E-state index in [0.717, 1.165) is 0 Å². The van der Waals surface area contributed by atoms with Crippen LogP contribution in [-0.2, 0) is 11.3 Å². The molecule has 0 bridgehead atoms. The summed E-state index contributed by atoms with van der Waals surface area (Å²) in [7, 11) is 0. The maximum Gasteiger partial charge on any atom is 0.338 e. The molecule has 0 aliphatic carbocycles. The third-order valence-electron chi connectivity index (χ3n) is 3.25. The SMILES string of the molecule is O=C(OCc1cc(=O)oc2cc(O)ccc12)c1cccc(O)c1. The van der Waals surface area contributed by atoms with Gasteiger partial charge in [0.1, 0.15) is 23.7 Å². The third-order valence-corrected chi connectivity index (χ3v) is 3.25. The smallest absolute Gasteiger partial charge is 0.338 e. The summed E-state index contributed by atoms with van der Waals surface area (Å²) in [6.45, 7) is -0.138. The first kappa shape index (κ1) is 14.6. The Morgan fingerprint density at radius 1 is 1.04 bits per heavy atom. The minimum absolute atomic E-state index is 0.0328. The molecule has 0 saturated carbocycles. The lowest BCUT2D eigenvalue weighted by Crippen LogP contribution is -2.07. The van der Waals surface area contributed by atoms with Gasteiger partial charge in [0.25, 0.3) is 0 Å². The first-order valence-corrected chi connectivity index (χ1v) is 6.75. The van der Waals surface area contributed by atoms with Crippen molar-refractivity contribution in [1.82, 2.24) is 0 Å². The summed E-state index contributed by atoms with van der Waals surface area (Å²) in [6, 6.07) is 11.3. The zero-order valence-corrected chi connectivity index (χ0v) is 11.9. The van der Waals surface area contributed by atoms with Crippen molar-refractivity contribution >= 4 is 16.9 Å². The Balaban J connectivity index is 1.87. The van der Waals surface area contributed by atoms with E-state index in [2.05, 4.69) is 0 Å². The molecular weight excluding hydrogens is 300 g/mol. The van der Waals surface area contributed by atoms with E-state index < -0.39 is 11.6 Å². The number of hydrogen-bond donors (Lipinski definition) is 2. The highest BCUT2D eigenvalue weighted by Crippen LogP contribution is 2.22. The predicted octanol–water partition coefficient (Wildman–Crippen LogP) is 2.56. The van der Waals surface area contributed by atoms with Crippen molar-refractivity contribution in [2.75, 3.05) is 0 Å². The molecule has 0 aliphatic heterocycles. The maximum absolute atomic E-state index is 12.0. The van der Waals surface area contributed by atoms with Gasteiger partial charge in [0, 0.05) is 23.1 Å². The summed E-state index contributed by atoms with van der Waals surface area (Å²) in [6.07, 6.45) is 0. The molecule has 2 N–H and O–H groups in total. The van der Waals surface area contributed by atoms with Gasteiger partial charge in [-0.2, -0.15) is 0 Å². The van der Waals surface area contributed by atoms with Gasteiger partial charge in [0.05, 0.1) is 5.56 Å². The molecule has 0 amide bonds. The second-order valence-electron chi connectivity index (χ2n) is 4.90. The van der Waals surface area contributed by atoms with E-state index in [1.165, 1.54) is 42.5 Å². The standard InChI is InChI=1S/C17H12O6/c18-12-3-1-2-10(6-12)17(21)22-9-11-7-16(20)23-15-8-13(19)4-5-14(11)15/h1-8,18-19H,9H2. The number of aromatic hydroxyl groups is 2. The fraction of sp³-hybridized carbons (Fsp3) is 0.0588. The Labute approximate surface area is 130 Å². The summed E-state index contributed by atoms with van der Waals surface area (Å²) in [5.41, 5.74) is 0.270. The lowest BCUT2D eigenvalue weighted by molar-refractivity contribution is 0.0473. The van der Waals surface area contributed by atoms with Crippen LogP contribution in [-0.4, -0.2) is 16.2 Å². The number of phenols is 2. The van der Waals surface area contributed by atoms with Gasteiger partial charge < -0.3 is 19.4 Å². The van der Waals surface area contributed by atoms with E-state index in [9.17, 15) is 19.8 Å². The van der Waals surface area contributed by atoms with Gasteiger partial charge >= 0.3 is 11.6 Å². The largest absolute Gasteiger partial charge is 0.508 e. The molecule has 0 aliphatic rings. The second-order valence-corrected chi connectivity index (χ2v) is 4.90. The average Bonchev–Trinajstić information content (AvgIpc) is 2.51. The molecule has 0 atom stereocenters. The maximum atomic E-state index is 12.0. The number of hydrogen-bond acceptors (Lipinski definition) is 6. The first-order valence-electron chi connectivity index (χ1n) is 6.75. The van der Waals surface area contributed by atoms with E-state index in [0.29, 0.717) is 10.9 Å². The van der Waals surface area contributed by atoms with E-state index in [-0.39, 0.29) is 29.3 Å².